The molecule has 0 aromatic heterocycles. The Labute approximate surface area is 91.8 Å². The number of ketones is 1. The first-order valence-electron chi connectivity index (χ1n) is 6.04. The molecule has 0 spiro atoms. The zero-order chi connectivity index (χ0) is 10.8. The Morgan fingerprint density at radius 3 is 2.67 bits per heavy atom. The van der Waals surface area contributed by atoms with Gasteiger partial charge in [0.2, 0.25) is 0 Å². The predicted octanol–water partition coefficient (Wildman–Crippen LogP) is 1.32. The summed E-state index contributed by atoms with van der Waals surface area (Å²) >= 11 is 0. The Hall–Kier alpha value is -0.410. The van der Waals surface area contributed by atoms with Gasteiger partial charge in [-0.15, -0.1) is 0 Å². The maximum absolute atomic E-state index is 12.0. The molecule has 2 rings (SSSR count). The molecule has 0 aromatic rings. The molecule has 1 aliphatic heterocycles. The van der Waals surface area contributed by atoms with E-state index in [1.54, 1.807) is 0 Å². The van der Waals surface area contributed by atoms with E-state index in [1.165, 1.54) is 0 Å². The van der Waals surface area contributed by atoms with Crippen LogP contribution in [-0.4, -0.2) is 43.0 Å². The Morgan fingerprint density at radius 1 is 1.33 bits per heavy atom. The highest BCUT2D eigenvalue weighted by Crippen LogP contribution is 2.33. The Morgan fingerprint density at radius 2 is 2.07 bits per heavy atom. The van der Waals surface area contributed by atoms with Crippen LogP contribution in [0.4, 0.5) is 0 Å². The van der Waals surface area contributed by atoms with Gasteiger partial charge in [-0.1, -0.05) is 0 Å². The van der Waals surface area contributed by atoms with Crippen LogP contribution in [0.3, 0.4) is 0 Å². The molecular formula is C12H21NO2. The third kappa shape index (κ3) is 2.79. The van der Waals surface area contributed by atoms with Crippen molar-refractivity contribution in [3.63, 3.8) is 0 Å². The van der Waals surface area contributed by atoms with E-state index in [0.29, 0.717) is 24.3 Å². The molecule has 1 heterocycles. The lowest BCUT2D eigenvalue weighted by Gasteiger charge is -2.26. The maximum atomic E-state index is 12.0. The summed E-state index contributed by atoms with van der Waals surface area (Å²) < 4.78 is 5.52. The van der Waals surface area contributed by atoms with Gasteiger partial charge in [-0.2, -0.15) is 0 Å². The molecule has 0 amide bonds. The van der Waals surface area contributed by atoms with Crippen molar-refractivity contribution >= 4 is 5.78 Å². The Balaban J connectivity index is 1.94. The number of carbonyl (C=O) groups is 1. The van der Waals surface area contributed by atoms with Crippen LogP contribution in [0, 0.1) is 11.8 Å². The lowest BCUT2D eigenvalue weighted by atomic mass is 10.0. The zero-order valence-electron chi connectivity index (χ0n) is 9.74. The van der Waals surface area contributed by atoms with Gasteiger partial charge in [0.15, 0.2) is 0 Å². The van der Waals surface area contributed by atoms with E-state index in [2.05, 4.69) is 18.7 Å². The summed E-state index contributed by atoms with van der Waals surface area (Å²) in [7, 11) is 0. The minimum atomic E-state index is 0.127. The molecule has 3 nitrogen and oxygen atoms in total. The minimum Gasteiger partial charge on any atom is -0.379 e. The monoisotopic (exact) mass is 211 g/mol. The van der Waals surface area contributed by atoms with E-state index in [-0.39, 0.29) is 5.92 Å². The summed E-state index contributed by atoms with van der Waals surface area (Å²) in [6, 6.07) is 0.515. The van der Waals surface area contributed by atoms with Crippen molar-refractivity contribution in [3.05, 3.63) is 0 Å². The highest BCUT2D eigenvalue weighted by atomic mass is 16.5. The largest absolute Gasteiger partial charge is 0.379 e. The maximum Gasteiger partial charge on any atom is 0.142 e. The van der Waals surface area contributed by atoms with Crippen molar-refractivity contribution in [3.8, 4) is 0 Å². The van der Waals surface area contributed by atoms with E-state index in [9.17, 15) is 4.79 Å². The molecule has 1 aliphatic carbocycles. The van der Waals surface area contributed by atoms with Gasteiger partial charge in [0.25, 0.3) is 0 Å². The molecule has 0 N–H and O–H groups in total. The first-order valence-corrected chi connectivity index (χ1v) is 6.04. The second kappa shape index (κ2) is 4.62. The van der Waals surface area contributed by atoms with Crippen LogP contribution in [0.5, 0.6) is 0 Å². The van der Waals surface area contributed by atoms with E-state index in [4.69, 9.17) is 4.74 Å². The molecule has 86 valence electrons. The third-order valence-electron chi connectivity index (χ3n) is 3.41. The second-order valence-corrected chi connectivity index (χ2v) is 5.04. The summed E-state index contributed by atoms with van der Waals surface area (Å²) in [5.74, 6) is 0.940. The standard InChI is InChI=1S/C12H21NO2/c1-9(2)13-5-6-15-8-11(7-13)12(14)10-3-4-10/h9-11H,3-8H2,1-2H3. The quantitative estimate of drug-likeness (QED) is 0.705. The number of carbonyl (C=O) groups excluding carboxylic acids is 1. The van der Waals surface area contributed by atoms with E-state index >= 15 is 0 Å². The van der Waals surface area contributed by atoms with Gasteiger partial charge in [0.1, 0.15) is 5.78 Å². The molecule has 2 aliphatic rings. The summed E-state index contributed by atoms with van der Waals surface area (Å²) in [5, 5.41) is 0. The molecule has 0 radical (unpaired) electrons. The molecule has 1 unspecified atom stereocenters. The topological polar surface area (TPSA) is 29.5 Å². The van der Waals surface area contributed by atoms with Crippen molar-refractivity contribution in [2.24, 2.45) is 11.8 Å². The molecule has 15 heavy (non-hydrogen) atoms. The molecule has 1 saturated carbocycles. The van der Waals surface area contributed by atoms with Crippen molar-refractivity contribution in [2.45, 2.75) is 32.7 Å². The van der Waals surface area contributed by atoms with Gasteiger partial charge >= 0.3 is 0 Å². The van der Waals surface area contributed by atoms with Crippen LogP contribution in [0.2, 0.25) is 0 Å². The van der Waals surface area contributed by atoms with Gasteiger partial charge in [-0.05, 0) is 26.7 Å². The van der Waals surface area contributed by atoms with Gasteiger partial charge < -0.3 is 4.74 Å². The van der Waals surface area contributed by atoms with Crippen LogP contribution in [-0.2, 0) is 9.53 Å². The first-order chi connectivity index (χ1) is 7.18. The Bertz CT molecular complexity index is 236. The number of rotatable bonds is 3. The SMILES string of the molecule is CC(C)N1CCOCC(C(=O)C2CC2)C1. The average molecular weight is 211 g/mol. The van der Waals surface area contributed by atoms with E-state index < -0.39 is 0 Å². The molecule has 0 aromatic carbocycles. The number of Topliss-reactive ketones (excluding diaryl/α,β-unsaturated/α-hetero) is 1. The first kappa shape index (κ1) is 11.1. The lowest BCUT2D eigenvalue weighted by molar-refractivity contribution is -0.125. The normalized spacial score (nSPS) is 29.1. The molecule has 0 bridgehead atoms. The summed E-state index contributed by atoms with van der Waals surface area (Å²) in [6.45, 7) is 7.64. The molecule has 1 saturated heterocycles. The van der Waals surface area contributed by atoms with Crippen molar-refractivity contribution < 1.29 is 9.53 Å². The summed E-state index contributed by atoms with van der Waals surface area (Å²) in [4.78, 5) is 14.3. The lowest BCUT2D eigenvalue weighted by Crippen LogP contribution is -2.38. The number of ether oxygens (including phenoxy) is 1. The van der Waals surface area contributed by atoms with Crippen LogP contribution >= 0.6 is 0 Å². The highest BCUT2D eigenvalue weighted by Gasteiger charge is 2.36. The van der Waals surface area contributed by atoms with Crippen LogP contribution in [0.25, 0.3) is 0 Å². The van der Waals surface area contributed by atoms with Crippen LogP contribution in [0.1, 0.15) is 26.7 Å². The summed E-state index contributed by atoms with van der Waals surface area (Å²) in [5.41, 5.74) is 0. The fourth-order valence-corrected chi connectivity index (χ4v) is 2.18. The smallest absolute Gasteiger partial charge is 0.142 e. The van der Waals surface area contributed by atoms with Gasteiger partial charge in [0, 0.05) is 25.0 Å². The second-order valence-electron chi connectivity index (χ2n) is 5.04. The van der Waals surface area contributed by atoms with Crippen molar-refractivity contribution in [1.29, 1.82) is 0 Å². The highest BCUT2D eigenvalue weighted by molar-refractivity contribution is 5.85. The number of hydrogen-bond donors (Lipinski definition) is 0. The summed E-state index contributed by atoms with van der Waals surface area (Å²) in [6.07, 6.45) is 2.22. The Kier molecular flexibility index (Phi) is 3.42. The predicted molar refractivity (Wildman–Crippen MR) is 58.7 cm³/mol. The van der Waals surface area contributed by atoms with Crippen LogP contribution < -0.4 is 0 Å². The molecule has 2 fully saturated rings. The number of hydrogen-bond acceptors (Lipinski definition) is 3. The van der Waals surface area contributed by atoms with Gasteiger partial charge in [-0.25, -0.2) is 0 Å². The third-order valence-corrected chi connectivity index (χ3v) is 3.41. The fourth-order valence-electron chi connectivity index (χ4n) is 2.18. The minimum absolute atomic E-state index is 0.127. The van der Waals surface area contributed by atoms with E-state index in [1.807, 2.05) is 0 Å². The molecule has 1 atom stereocenters. The van der Waals surface area contributed by atoms with Crippen LogP contribution in [0.15, 0.2) is 0 Å². The van der Waals surface area contributed by atoms with Gasteiger partial charge in [-0.3, -0.25) is 9.69 Å². The van der Waals surface area contributed by atoms with Crippen molar-refractivity contribution in [1.82, 2.24) is 4.90 Å². The fraction of sp³-hybridized carbons (Fsp3) is 0.917. The van der Waals surface area contributed by atoms with Gasteiger partial charge in [0.05, 0.1) is 19.1 Å². The zero-order valence-corrected chi connectivity index (χ0v) is 9.74. The number of nitrogens with zero attached hydrogens (tertiary/aromatic N) is 1. The van der Waals surface area contributed by atoms with E-state index in [0.717, 1.165) is 32.5 Å². The average Bonchev–Trinajstić information content (AvgIpc) is 3.04. The molecular weight excluding hydrogens is 190 g/mol. The molecule has 3 heteroatoms. The van der Waals surface area contributed by atoms with Crippen molar-refractivity contribution in [2.75, 3.05) is 26.3 Å².